The first kappa shape index (κ1) is 20.3. The number of aryl methyl sites for hydroxylation is 1. The second-order valence-corrected chi connectivity index (χ2v) is 7.26. The fourth-order valence-corrected chi connectivity index (χ4v) is 3.09. The summed E-state index contributed by atoms with van der Waals surface area (Å²) in [6.45, 7) is 2.28. The van der Waals surface area contributed by atoms with Crippen molar-refractivity contribution in [3.63, 3.8) is 0 Å². The molecular weight excluding hydrogens is 399 g/mol. The molecule has 2 aromatic heterocycles. The molecule has 3 rings (SSSR count). The first-order chi connectivity index (χ1) is 13.5. The number of rotatable bonds is 7. The number of hydrogen-bond acceptors (Lipinski definition) is 5. The fourth-order valence-electron chi connectivity index (χ4n) is 2.72. The number of hydrogen-bond donors (Lipinski definition) is 2. The van der Waals surface area contributed by atoms with Crippen LogP contribution >= 0.6 is 23.2 Å². The maximum atomic E-state index is 12.6. The summed E-state index contributed by atoms with van der Waals surface area (Å²) >= 11 is 12.4. The lowest BCUT2D eigenvalue weighted by molar-refractivity contribution is 0.232. The molecule has 0 aliphatic heterocycles. The van der Waals surface area contributed by atoms with Crippen LogP contribution in [0.3, 0.4) is 0 Å². The van der Waals surface area contributed by atoms with Crippen molar-refractivity contribution in [1.82, 2.24) is 14.8 Å². The van der Waals surface area contributed by atoms with E-state index in [4.69, 9.17) is 23.2 Å². The van der Waals surface area contributed by atoms with Crippen LogP contribution in [0.5, 0.6) is 0 Å². The lowest BCUT2D eigenvalue weighted by atomic mass is 10.0. The molecule has 1 aromatic carbocycles. The zero-order valence-electron chi connectivity index (χ0n) is 15.3. The highest BCUT2D eigenvalue weighted by molar-refractivity contribution is 6.33. The smallest absolute Gasteiger partial charge is 0.292 e. The average molecular weight is 419 g/mol. The molecular formula is C20H20Cl2N4O2. The minimum Gasteiger partial charge on any atom is -0.396 e. The third kappa shape index (κ3) is 4.70. The molecule has 2 N–H and O–H groups in total. The molecule has 146 valence electrons. The van der Waals surface area contributed by atoms with E-state index in [0.717, 1.165) is 11.3 Å². The van der Waals surface area contributed by atoms with Gasteiger partial charge in [-0.05, 0) is 43.2 Å². The van der Waals surface area contributed by atoms with E-state index in [2.05, 4.69) is 15.4 Å². The van der Waals surface area contributed by atoms with Gasteiger partial charge in [-0.3, -0.25) is 9.78 Å². The molecule has 0 bridgehead atoms. The van der Waals surface area contributed by atoms with Crippen molar-refractivity contribution in [1.29, 1.82) is 0 Å². The zero-order valence-corrected chi connectivity index (χ0v) is 16.8. The molecule has 3 aromatic rings. The van der Waals surface area contributed by atoms with Gasteiger partial charge in [-0.1, -0.05) is 35.3 Å². The van der Waals surface area contributed by atoms with Crippen molar-refractivity contribution < 1.29 is 5.11 Å². The lowest BCUT2D eigenvalue weighted by Gasteiger charge is -2.16. The van der Waals surface area contributed by atoms with Crippen LogP contribution in [-0.2, 0) is 6.42 Å². The van der Waals surface area contributed by atoms with Crippen LogP contribution in [0.25, 0.3) is 5.69 Å². The van der Waals surface area contributed by atoms with Crippen LogP contribution in [0.15, 0.2) is 53.6 Å². The third-order valence-corrected chi connectivity index (χ3v) is 5.15. The van der Waals surface area contributed by atoms with E-state index in [9.17, 15) is 9.90 Å². The van der Waals surface area contributed by atoms with Gasteiger partial charge in [-0.25, -0.2) is 0 Å². The van der Waals surface area contributed by atoms with Gasteiger partial charge in [0.25, 0.3) is 5.56 Å². The predicted octanol–water partition coefficient (Wildman–Crippen LogP) is 3.51. The van der Waals surface area contributed by atoms with Crippen molar-refractivity contribution in [3.8, 4) is 5.69 Å². The number of aromatic nitrogens is 3. The number of aliphatic hydroxyl groups excluding tert-OH is 1. The Hall–Kier alpha value is -2.41. The Morgan fingerprint density at radius 1 is 1.25 bits per heavy atom. The highest BCUT2D eigenvalue weighted by Crippen LogP contribution is 2.21. The number of aliphatic hydroxyl groups is 1. The van der Waals surface area contributed by atoms with Gasteiger partial charge in [0.2, 0.25) is 0 Å². The molecule has 0 fully saturated rings. The van der Waals surface area contributed by atoms with E-state index in [1.165, 1.54) is 10.9 Å². The quantitative estimate of drug-likeness (QED) is 0.613. The molecule has 8 heteroatoms. The van der Waals surface area contributed by atoms with Crippen molar-refractivity contribution in [3.05, 3.63) is 80.4 Å². The Morgan fingerprint density at radius 2 is 2.07 bits per heavy atom. The van der Waals surface area contributed by atoms with Gasteiger partial charge in [-0.15, -0.1) is 0 Å². The Kier molecular flexibility index (Phi) is 6.67. The monoisotopic (exact) mass is 418 g/mol. The largest absolute Gasteiger partial charge is 0.396 e. The summed E-state index contributed by atoms with van der Waals surface area (Å²) in [4.78, 5) is 16.9. The molecule has 1 atom stereocenters. The van der Waals surface area contributed by atoms with E-state index in [-0.39, 0.29) is 17.5 Å². The van der Waals surface area contributed by atoms with Gasteiger partial charge in [-0.2, -0.15) is 9.78 Å². The van der Waals surface area contributed by atoms with Crippen LogP contribution in [-0.4, -0.2) is 33.0 Å². The summed E-state index contributed by atoms with van der Waals surface area (Å²) < 4.78 is 1.20. The number of halogens is 2. The van der Waals surface area contributed by atoms with Crippen molar-refractivity contribution in [2.75, 3.05) is 18.5 Å². The van der Waals surface area contributed by atoms with E-state index < -0.39 is 5.56 Å². The minimum absolute atomic E-state index is 0.0203. The molecule has 0 aliphatic carbocycles. The van der Waals surface area contributed by atoms with Gasteiger partial charge in [0.05, 0.1) is 17.6 Å². The fraction of sp³-hybridized carbons (Fsp3) is 0.250. The summed E-state index contributed by atoms with van der Waals surface area (Å²) in [6.07, 6.45) is 3.82. The average Bonchev–Trinajstić information content (AvgIpc) is 2.71. The Balaban J connectivity index is 1.75. The normalized spacial score (nSPS) is 12.0. The zero-order chi connectivity index (χ0) is 20.1. The predicted molar refractivity (Wildman–Crippen MR) is 112 cm³/mol. The Labute approximate surface area is 172 Å². The molecule has 0 saturated heterocycles. The summed E-state index contributed by atoms with van der Waals surface area (Å²) in [5.41, 5.74) is 2.31. The summed E-state index contributed by atoms with van der Waals surface area (Å²) in [6, 6.07) is 10.9. The van der Waals surface area contributed by atoms with Crippen molar-refractivity contribution in [2.45, 2.75) is 13.3 Å². The van der Waals surface area contributed by atoms with Gasteiger partial charge in [0, 0.05) is 36.0 Å². The van der Waals surface area contributed by atoms with Crippen LogP contribution in [0.4, 0.5) is 5.69 Å². The molecule has 28 heavy (non-hydrogen) atoms. The molecule has 2 heterocycles. The summed E-state index contributed by atoms with van der Waals surface area (Å²) in [5, 5.41) is 17.5. The molecule has 0 spiro atoms. The lowest BCUT2D eigenvalue weighted by Crippen LogP contribution is -2.25. The van der Waals surface area contributed by atoms with Crippen molar-refractivity contribution >= 4 is 28.9 Å². The number of benzene rings is 1. The topological polar surface area (TPSA) is 80.0 Å². The number of pyridine rings is 1. The van der Waals surface area contributed by atoms with E-state index >= 15 is 0 Å². The minimum atomic E-state index is -0.447. The SMILES string of the molecule is Cc1ccc(-n2ncc(NCC(CO)Cc3ccccn3)c(Cl)c2=O)cc1Cl. The van der Waals surface area contributed by atoms with E-state index in [1.807, 2.05) is 31.2 Å². The second kappa shape index (κ2) is 9.19. The highest BCUT2D eigenvalue weighted by Gasteiger charge is 2.14. The van der Waals surface area contributed by atoms with Gasteiger partial charge in [0.1, 0.15) is 5.02 Å². The van der Waals surface area contributed by atoms with Crippen LogP contribution < -0.4 is 10.9 Å². The first-order valence-corrected chi connectivity index (χ1v) is 9.54. The van der Waals surface area contributed by atoms with Crippen LogP contribution in [0.2, 0.25) is 10.0 Å². The number of nitrogens with one attached hydrogen (secondary N) is 1. The van der Waals surface area contributed by atoms with Gasteiger partial charge >= 0.3 is 0 Å². The van der Waals surface area contributed by atoms with Crippen LogP contribution in [0, 0.1) is 12.8 Å². The number of nitrogens with zero attached hydrogens (tertiary/aromatic N) is 3. The van der Waals surface area contributed by atoms with Crippen molar-refractivity contribution in [2.24, 2.45) is 5.92 Å². The maximum Gasteiger partial charge on any atom is 0.292 e. The second-order valence-electron chi connectivity index (χ2n) is 6.48. The Bertz CT molecular complexity index is 1010. The standard InChI is InChI=1S/C20H20Cl2N4O2/c1-13-5-6-16(9-17(13)21)26-20(28)19(22)18(11-25-26)24-10-14(12-27)8-15-4-2-3-7-23-15/h2-7,9,11,14,24,27H,8,10,12H2,1H3. The third-order valence-electron chi connectivity index (χ3n) is 4.38. The maximum absolute atomic E-state index is 12.6. The molecule has 1 unspecified atom stereocenters. The molecule has 0 aliphatic rings. The Morgan fingerprint density at radius 3 is 2.75 bits per heavy atom. The van der Waals surface area contributed by atoms with Gasteiger partial charge in [0.15, 0.2) is 0 Å². The summed E-state index contributed by atoms with van der Waals surface area (Å²) in [5.74, 6) is -0.0793. The van der Waals surface area contributed by atoms with Crippen LogP contribution in [0.1, 0.15) is 11.3 Å². The van der Waals surface area contributed by atoms with E-state index in [1.54, 1.807) is 18.3 Å². The summed E-state index contributed by atoms with van der Waals surface area (Å²) in [7, 11) is 0. The number of anilines is 1. The van der Waals surface area contributed by atoms with E-state index in [0.29, 0.717) is 29.4 Å². The molecule has 0 amide bonds. The van der Waals surface area contributed by atoms with Gasteiger partial charge < -0.3 is 10.4 Å². The first-order valence-electron chi connectivity index (χ1n) is 8.78. The highest BCUT2D eigenvalue weighted by atomic mass is 35.5. The molecule has 6 nitrogen and oxygen atoms in total. The molecule has 0 saturated carbocycles. The molecule has 0 radical (unpaired) electrons.